The second-order valence-corrected chi connectivity index (χ2v) is 2.45. The Morgan fingerprint density at radius 3 is 2.77 bits per heavy atom. The van der Waals surface area contributed by atoms with Gasteiger partial charge in [0.1, 0.15) is 6.42 Å². The second kappa shape index (κ2) is 7.53. The molecule has 5 nitrogen and oxygen atoms in total. The highest BCUT2D eigenvalue weighted by atomic mass is 16.5. The highest BCUT2D eigenvalue weighted by Gasteiger charge is 2.08. The maximum absolute atomic E-state index is 10.8. The van der Waals surface area contributed by atoms with Crippen LogP contribution >= 0.6 is 0 Å². The van der Waals surface area contributed by atoms with Crippen LogP contribution in [0.5, 0.6) is 0 Å². The maximum Gasteiger partial charge on any atom is 0.234 e. The van der Waals surface area contributed by atoms with Gasteiger partial charge in [-0.2, -0.15) is 5.26 Å². The SMILES string of the molecule is COCC(CNC(=O)CC#N)OC. The van der Waals surface area contributed by atoms with Gasteiger partial charge in [-0.1, -0.05) is 0 Å². The third kappa shape index (κ3) is 6.08. The van der Waals surface area contributed by atoms with E-state index in [1.807, 2.05) is 0 Å². The van der Waals surface area contributed by atoms with Gasteiger partial charge >= 0.3 is 0 Å². The van der Waals surface area contributed by atoms with Crippen molar-refractivity contribution in [2.45, 2.75) is 12.5 Å². The third-order valence-corrected chi connectivity index (χ3v) is 1.45. The van der Waals surface area contributed by atoms with Crippen molar-refractivity contribution in [2.75, 3.05) is 27.4 Å². The first-order valence-electron chi connectivity index (χ1n) is 3.90. The monoisotopic (exact) mass is 186 g/mol. The molecular weight excluding hydrogens is 172 g/mol. The zero-order chi connectivity index (χ0) is 10.1. The number of nitriles is 1. The number of hydrogen-bond donors (Lipinski definition) is 1. The van der Waals surface area contributed by atoms with E-state index >= 15 is 0 Å². The predicted octanol–water partition coefficient (Wildman–Crippen LogP) is -0.322. The van der Waals surface area contributed by atoms with Gasteiger partial charge in [0.25, 0.3) is 0 Å². The molecule has 0 bridgehead atoms. The number of amides is 1. The van der Waals surface area contributed by atoms with Crippen molar-refractivity contribution in [3.05, 3.63) is 0 Å². The summed E-state index contributed by atoms with van der Waals surface area (Å²) < 4.78 is 9.84. The number of carbonyl (C=O) groups is 1. The molecule has 0 aliphatic carbocycles. The Morgan fingerprint density at radius 2 is 2.31 bits per heavy atom. The topological polar surface area (TPSA) is 71.3 Å². The minimum atomic E-state index is -0.291. The Bertz CT molecular complexity index is 188. The Balaban J connectivity index is 3.59. The normalized spacial score (nSPS) is 11.8. The number of nitrogens with zero attached hydrogens (tertiary/aromatic N) is 1. The van der Waals surface area contributed by atoms with Crippen LogP contribution in [0.25, 0.3) is 0 Å². The van der Waals surface area contributed by atoms with Crippen LogP contribution in [0.3, 0.4) is 0 Å². The van der Waals surface area contributed by atoms with Crippen molar-refractivity contribution in [3.8, 4) is 6.07 Å². The van der Waals surface area contributed by atoms with Crippen LogP contribution in [0.4, 0.5) is 0 Å². The van der Waals surface area contributed by atoms with Crippen LogP contribution < -0.4 is 5.32 Å². The first-order valence-corrected chi connectivity index (χ1v) is 3.90. The summed E-state index contributed by atoms with van der Waals surface area (Å²) in [5.74, 6) is -0.291. The Labute approximate surface area is 77.6 Å². The fourth-order valence-electron chi connectivity index (χ4n) is 0.758. The van der Waals surface area contributed by atoms with Gasteiger partial charge in [0, 0.05) is 20.8 Å². The molecule has 13 heavy (non-hydrogen) atoms. The van der Waals surface area contributed by atoms with E-state index < -0.39 is 0 Å². The molecule has 0 fully saturated rings. The number of hydrogen-bond acceptors (Lipinski definition) is 4. The highest BCUT2D eigenvalue weighted by molar-refractivity contribution is 5.77. The lowest BCUT2D eigenvalue weighted by Gasteiger charge is -2.14. The zero-order valence-electron chi connectivity index (χ0n) is 7.87. The van der Waals surface area contributed by atoms with E-state index in [0.29, 0.717) is 13.2 Å². The summed E-state index contributed by atoms with van der Waals surface area (Å²) in [6.07, 6.45) is -0.281. The van der Waals surface area contributed by atoms with Gasteiger partial charge in [-0.3, -0.25) is 4.79 Å². The lowest BCUT2D eigenvalue weighted by molar-refractivity contribution is -0.120. The van der Waals surface area contributed by atoms with Crippen molar-refractivity contribution in [1.29, 1.82) is 5.26 Å². The van der Waals surface area contributed by atoms with E-state index in [2.05, 4.69) is 5.32 Å². The number of carbonyl (C=O) groups excluding carboxylic acids is 1. The number of ether oxygens (including phenoxy) is 2. The molecule has 1 N–H and O–H groups in total. The molecule has 1 amide bonds. The minimum Gasteiger partial charge on any atom is -0.382 e. The van der Waals surface area contributed by atoms with Crippen molar-refractivity contribution in [2.24, 2.45) is 0 Å². The van der Waals surface area contributed by atoms with Gasteiger partial charge in [0.15, 0.2) is 0 Å². The Kier molecular flexibility index (Phi) is 6.88. The summed E-state index contributed by atoms with van der Waals surface area (Å²) >= 11 is 0. The van der Waals surface area contributed by atoms with Crippen LogP contribution in [0, 0.1) is 11.3 Å². The molecule has 1 atom stereocenters. The Morgan fingerprint density at radius 1 is 1.62 bits per heavy atom. The molecular formula is C8H14N2O3. The number of methoxy groups -OCH3 is 2. The molecule has 74 valence electrons. The molecule has 0 aromatic heterocycles. The fraction of sp³-hybridized carbons (Fsp3) is 0.750. The van der Waals surface area contributed by atoms with Crippen molar-refractivity contribution in [1.82, 2.24) is 5.32 Å². The molecule has 0 spiro atoms. The average molecular weight is 186 g/mol. The van der Waals surface area contributed by atoms with Gasteiger partial charge in [-0.15, -0.1) is 0 Å². The van der Waals surface area contributed by atoms with E-state index in [-0.39, 0.29) is 18.4 Å². The number of nitrogens with one attached hydrogen (secondary N) is 1. The van der Waals surface area contributed by atoms with Gasteiger partial charge in [0.05, 0.1) is 18.8 Å². The zero-order valence-corrected chi connectivity index (χ0v) is 7.87. The predicted molar refractivity (Wildman–Crippen MR) is 45.9 cm³/mol. The lowest BCUT2D eigenvalue weighted by Crippen LogP contribution is -2.35. The van der Waals surface area contributed by atoms with Gasteiger partial charge in [-0.05, 0) is 0 Å². The lowest BCUT2D eigenvalue weighted by atomic mass is 10.3. The smallest absolute Gasteiger partial charge is 0.234 e. The second-order valence-electron chi connectivity index (χ2n) is 2.45. The van der Waals surface area contributed by atoms with E-state index in [0.717, 1.165) is 0 Å². The largest absolute Gasteiger partial charge is 0.382 e. The molecule has 0 heterocycles. The molecule has 0 aromatic carbocycles. The van der Waals surface area contributed by atoms with Crippen LogP contribution in [-0.2, 0) is 14.3 Å². The van der Waals surface area contributed by atoms with Crippen molar-refractivity contribution in [3.63, 3.8) is 0 Å². The molecule has 0 aromatic rings. The minimum absolute atomic E-state index is 0.122. The van der Waals surface area contributed by atoms with Crippen molar-refractivity contribution >= 4 is 5.91 Å². The molecule has 0 radical (unpaired) electrons. The summed E-state index contributed by atoms with van der Waals surface area (Å²) in [6, 6.07) is 1.76. The van der Waals surface area contributed by atoms with Gasteiger partial charge in [0.2, 0.25) is 5.91 Å². The van der Waals surface area contributed by atoms with Gasteiger partial charge in [-0.25, -0.2) is 0 Å². The van der Waals surface area contributed by atoms with Crippen LogP contribution in [0.1, 0.15) is 6.42 Å². The average Bonchev–Trinajstić information content (AvgIpc) is 2.12. The molecule has 5 heteroatoms. The summed E-state index contributed by atoms with van der Waals surface area (Å²) in [4.78, 5) is 10.8. The Hall–Kier alpha value is -1.12. The summed E-state index contributed by atoms with van der Waals surface area (Å²) in [7, 11) is 3.10. The van der Waals surface area contributed by atoms with E-state index in [1.165, 1.54) is 0 Å². The standard InChI is InChI=1S/C8H14N2O3/c1-12-6-7(13-2)5-10-8(11)3-4-9/h7H,3,5-6H2,1-2H3,(H,10,11). The molecule has 1 unspecified atom stereocenters. The van der Waals surface area contributed by atoms with E-state index in [1.54, 1.807) is 20.3 Å². The van der Waals surface area contributed by atoms with E-state index in [4.69, 9.17) is 14.7 Å². The van der Waals surface area contributed by atoms with Crippen LogP contribution in [-0.4, -0.2) is 39.4 Å². The molecule has 0 rings (SSSR count). The van der Waals surface area contributed by atoms with Crippen molar-refractivity contribution < 1.29 is 14.3 Å². The quantitative estimate of drug-likeness (QED) is 0.617. The molecule has 0 aliphatic rings. The third-order valence-electron chi connectivity index (χ3n) is 1.45. The molecule has 0 saturated carbocycles. The number of rotatable bonds is 6. The van der Waals surface area contributed by atoms with Crippen LogP contribution in [0.2, 0.25) is 0 Å². The summed E-state index contributed by atoms with van der Waals surface area (Å²) in [5.41, 5.74) is 0. The maximum atomic E-state index is 10.8. The summed E-state index contributed by atoms with van der Waals surface area (Å²) in [5, 5.41) is 10.7. The fourth-order valence-corrected chi connectivity index (χ4v) is 0.758. The van der Waals surface area contributed by atoms with Crippen LogP contribution in [0.15, 0.2) is 0 Å². The molecule has 0 aliphatic heterocycles. The van der Waals surface area contributed by atoms with Gasteiger partial charge < -0.3 is 14.8 Å². The first-order chi connectivity index (χ1) is 6.24. The molecule has 0 saturated heterocycles. The highest BCUT2D eigenvalue weighted by Crippen LogP contribution is 1.88. The first kappa shape index (κ1) is 11.9. The van der Waals surface area contributed by atoms with E-state index in [9.17, 15) is 4.79 Å². The summed E-state index contributed by atoms with van der Waals surface area (Å²) in [6.45, 7) is 0.786.